The van der Waals surface area contributed by atoms with Crippen LogP contribution < -0.4 is 10.6 Å². The lowest BCUT2D eigenvalue weighted by molar-refractivity contribution is 0.0949. The fourth-order valence-corrected chi connectivity index (χ4v) is 1.90. The molecular formula is C14H16N4O. The average molecular weight is 256 g/mol. The molecule has 3 rings (SSSR count). The minimum absolute atomic E-state index is 0.171. The number of amides is 1. The molecule has 0 saturated heterocycles. The van der Waals surface area contributed by atoms with Crippen LogP contribution in [0, 0.1) is 0 Å². The molecule has 1 saturated carbocycles. The highest BCUT2D eigenvalue weighted by molar-refractivity contribution is 5.93. The third-order valence-electron chi connectivity index (χ3n) is 3.10. The van der Waals surface area contributed by atoms with Crippen molar-refractivity contribution in [1.29, 1.82) is 0 Å². The van der Waals surface area contributed by atoms with E-state index in [1.54, 1.807) is 0 Å². The number of benzene rings is 1. The van der Waals surface area contributed by atoms with Crippen LogP contribution in [0.4, 0.5) is 0 Å². The standard InChI is InChI=1S/C14H16N4O/c19-14(16-8-7-15-10-5-6-10)13-9-17-11-3-1-2-4-12(11)18-13/h1-4,9-10,15H,5-8H2,(H,16,19). The quantitative estimate of drug-likeness (QED) is 0.786. The van der Waals surface area contributed by atoms with E-state index in [9.17, 15) is 4.79 Å². The van der Waals surface area contributed by atoms with Gasteiger partial charge in [-0.3, -0.25) is 9.78 Å². The Hall–Kier alpha value is -2.01. The van der Waals surface area contributed by atoms with Gasteiger partial charge in [-0.25, -0.2) is 4.98 Å². The van der Waals surface area contributed by atoms with Gasteiger partial charge in [-0.15, -0.1) is 0 Å². The second kappa shape index (κ2) is 5.32. The number of carbonyl (C=O) groups excluding carboxylic acids is 1. The predicted octanol–water partition coefficient (Wildman–Crippen LogP) is 1.11. The smallest absolute Gasteiger partial charge is 0.271 e. The van der Waals surface area contributed by atoms with Gasteiger partial charge in [0.1, 0.15) is 5.69 Å². The van der Waals surface area contributed by atoms with Crippen LogP contribution in [0.1, 0.15) is 23.3 Å². The highest BCUT2D eigenvalue weighted by Gasteiger charge is 2.19. The fraction of sp³-hybridized carbons (Fsp3) is 0.357. The monoisotopic (exact) mass is 256 g/mol. The van der Waals surface area contributed by atoms with Crippen molar-refractivity contribution in [3.63, 3.8) is 0 Å². The Kier molecular flexibility index (Phi) is 3.37. The molecule has 0 radical (unpaired) electrons. The molecule has 0 unspecified atom stereocenters. The van der Waals surface area contributed by atoms with E-state index >= 15 is 0 Å². The van der Waals surface area contributed by atoms with Crippen molar-refractivity contribution >= 4 is 16.9 Å². The van der Waals surface area contributed by atoms with E-state index in [1.165, 1.54) is 19.0 Å². The number of hydrogen-bond acceptors (Lipinski definition) is 4. The summed E-state index contributed by atoms with van der Waals surface area (Å²) in [7, 11) is 0. The lowest BCUT2D eigenvalue weighted by Crippen LogP contribution is -2.33. The second-order valence-corrected chi connectivity index (χ2v) is 4.73. The van der Waals surface area contributed by atoms with E-state index in [0.29, 0.717) is 18.3 Å². The van der Waals surface area contributed by atoms with Gasteiger partial charge >= 0.3 is 0 Å². The Morgan fingerprint density at radius 3 is 2.79 bits per heavy atom. The van der Waals surface area contributed by atoms with E-state index in [0.717, 1.165) is 17.6 Å². The largest absolute Gasteiger partial charge is 0.349 e. The van der Waals surface area contributed by atoms with Crippen molar-refractivity contribution in [2.45, 2.75) is 18.9 Å². The molecule has 1 fully saturated rings. The van der Waals surface area contributed by atoms with Gasteiger partial charge in [0, 0.05) is 19.1 Å². The van der Waals surface area contributed by atoms with E-state index in [1.807, 2.05) is 24.3 Å². The van der Waals surface area contributed by atoms with Gasteiger partial charge in [-0.2, -0.15) is 0 Å². The SMILES string of the molecule is O=C(NCCNC1CC1)c1cnc2ccccc2n1. The first kappa shape index (κ1) is 12.0. The molecule has 0 spiro atoms. The number of para-hydroxylation sites is 2. The molecule has 1 aromatic heterocycles. The summed E-state index contributed by atoms with van der Waals surface area (Å²) < 4.78 is 0. The van der Waals surface area contributed by atoms with Crippen LogP contribution >= 0.6 is 0 Å². The Morgan fingerprint density at radius 1 is 1.21 bits per heavy atom. The minimum atomic E-state index is -0.171. The molecular weight excluding hydrogens is 240 g/mol. The van der Waals surface area contributed by atoms with Gasteiger partial charge < -0.3 is 10.6 Å². The molecule has 0 aliphatic heterocycles. The molecule has 2 N–H and O–H groups in total. The van der Waals surface area contributed by atoms with Crippen molar-refractivity contribution in [3.05, 3.63) is 36.2 Å². The van der Waals surface area contributed by atoms with Gasteiger partial charge in [0.25, 0.3) is 5.91 Å². The lowest BCUT2D eigenvalue weighted by Gasteiger charge is -2.06. The first-order valence-corrected chi connectivity index (χ1v) is 6.56. The van der Waals surface area contributed by atoms with E-state index < -0.39 is 0 Å². The topological polar surface area (TPSA) is 66.9 Å². The molecule has 0 bridgehead atoms. The lowest BCUT2D eigenvalue weighted by atomic mass is 10.3. The van der Waals surface area contributed by atoms with Crippen molar-refractivity contribution < 1.29 is 4.79 Å². The van der Waals surface area contributed by atoms with Crippen LogP contribution in [-0.4, -0.2) is 35.0 Å². The Morgan fingerprint density at radius 2 is 2.00 bits per heavy atom. The Balaban J connectivity index is 1.60. The Bertz CT molecular complexity index is 595. The van der Waals surface area contributed by atoms with Crippen molar-refractivity contribution in [2.75, 3.05) is 13.1 Å². The summed E-state index contributed by atoms with van der Waals surface area (Å²) >= 11 is 0. The van der Waals surface area contributed by atoms with E-state index in [4.69, 9.17) is 0 Å². The molecule has 1 aromatic carbocycles. The zero-order valence-electron chi connectivity index (χ0n) is 10.6. The summed E-state index contributed by atoms with van der Waals surface area (Å²) in [6.07, 6.45) is 4.03. The van der Waals surface area contributed by atoms with Gasteiger partial charge in [0.15, 0.2) is 0 Å². The molecule has 0 atom stereocenters. The number of nitrogens with one attached hydrogen (secondary N) is 2. The van der Waals surface area contributed by atoms with Crippen LogP contribution in [0.3, 0.4) is 0 Å². The fourth-order valence-electron chi connectivity index (χ4n) is 1.90. The minimum Gasteiger partial charge on any atom is -0.349 e. The number of fused-ring (bicyclic) bond motifs is 1. The number of nitrogens with zero attached hydrogens (tertiary/aromatic N) is 2. The van der Waals surface area contributed by atoms with Crippen molar-refractivity contribution in [2.24, 2.45) is 0 Å². The maximum absolute atomic E-state index is 11.9. The first-order chi connectivity index (χ1) is 9.33. The molecule has 5 nitrogen and oxygen atoms in total. The maximum atomic E-state index is 11.9. The summed E-state index contributed by atoms with van der Waals surface area (Å²) in [5.41, 5.74) is 1.91. The average Bonchev–Trinajstić information content (AvgIpc) is 3.27. The summed E-state index contributed by atoms with van der Waals surface area (Å²) in [5.74, 6) is -0.171. The zero-order chi connectivity index (χ0) is 13.1. The normalized spacial score (nSPS) is 14.5. The second-order valence-electron chi connectivity index (χ2n) is 4.73. The van der Waals surface area contributed by atoms with Gasteiger partial charge in [-0.1, -0.05) is 12.1 Å². The molecule has 19 heavy (non-hydrogen) atoms. The zero-order valence-corrected chi connectivity index (χ0v) is 10.6. The molecule has 1 amide bonds. The van der Waals surface area contributed by atoms with Crippen LogP contribution in [0.2, 0.25) is 0 Å². The predicted molar refractivity (Wildman–Crippen MR) is 72.9 cm³/mol. The molecule has 2 aromatic rings. The molecule has 1 aliphatic carbocycles. The summed E-state index contributed by atoms with van der Waals surface area (Å²) in [5, 5.41) is 6.19. The molecule has 1 aliphatic rings. The van der Waals surface area contributed by atoms with Crippen LogP contribution in [0.15, 0.2) is 30.5 Å². The highest BCUT2D eigenvalue weighted by Crippen LogP contribution is 2.17. The first-order valence-electron chi connectivity index (χ1n) is 6.56. The number of carbonyl (C=O) groups is 1. The van der Waals surface area contributed by atoms with Gasteiger partial charge in [-0.05, 0) is 25.0 Å². The number of rotatable bonds is 5. The number of aromatic nitrogens is 2. The summed E-state index contributed by atoms with van der Waals surface area (Å²) in [4.78, 5) is 20.4. The van der Waals surface area contributed by atoms with Crippen LogP contribution in [0.5, 0.6) is 0 Å². The van der Waals surface area contributed by atoms with Gasteiger partial charge in [0.2, 0.25) is 0 Å². The third kappa shape index (κ3) is 3.06. The number of hydrogen-bond donors (Lipinski definition) is 2. The highest BCUT2D eigenvalue weighted by atomic mass is 16.1. The Labute approximate surface area is 111 Å². The molecule has 98 valence electrons. The van der Waals surface area contributed by atoms with E-state index in [2.05, 4.69) is 20.6 Å². The summed E-state index contributed by atoms with van der Waals surface area (Å²) in [6, 6.07) is 8.19. The molecule has 5 heteroatoms. The third-order valence-corrected chi connectivity index (χ3v) is 3.10. The van der Waals surface area contributed by atoms with Gasteiger partial charge in [0.05, 0.1) is 17.2 Å². The van der Waals surface area contributed by atoms with E-state index in [-0.39, 0.29) is 5.91 Å². The van der Waals surface area contributed by atoms with Crippen LogP contribution in [0.25, 0.3) is 11.0 Å². The van der Waals surface area contributed by atoms with Crippen molar-refractivity contribution in [1.82, 2.24) is 20.6 Å². The maximum Gasteiger partial charge on any atom is 0.271 e. The summed E-state index contributed by atoms with van der Waals surface area (Å²) in [6.45, 7) is 1.42. The van der Waals surface area contributed by atoms with Crippen LogP contribution in [-0.2, 0) is 0 Å². The molecule has 1 heterocycles. The van der Waals surface area contributed by atoms with Crippen molar-refractivity contribution in [3.8, 4) is 0 Å².